The van der Waals surface area contributed by atoms with Gasteiger partial charge in [-0.25, -0.2) is 4.68 Å². The average molecular weight is 396 g/mol. The van der Waals surface area contributed by atoms with Gasteiger partial charge in [-0.15, -0.1) is 0 Å². The number of amides is 1. The Morgan fingerprint density at radius 3 is 2.77 bits per heavy atom. The van der Waals surface area contributed by atoms with E-state index in [0.717, 1.165) is 19.3 Å². The van der Waals surface area contributed by atoms with Crippen LogP contribution in [0.5, 0.6) is 0 Å². The predicted molar refractivity (Wildman–Crippen MR) is 99.1 cm³/mol. The van der Waals surface area contributed by atoms with E-state index in [9.17, 15) is 9.59 Å². The second kappa shape index (κ2) is 8.10. The van der Waals surface area contributed by atoms with Crippen LogP contribution in [-0.4, -0.2) is 44.3 Å². The van der Waals surface area contributed by atoms with Gasteiger partial charge in [0.15, 0.2) is 5.69 Å². The number of carboxylic acids is 1. The summed E-state index contributed by atoms with van der Waals surface area (Å²) in [4.78, 5) is 25.5. The number of piperidine rings is 1. The van der Waals surface area contributed by atoms with Gasteiger partial charge in [-0.05, 0) is 49.9 Å². The van der Waals surface area contributed by atoms with Crippen molar-refractivity contribution < 1.29 is 14.7 Å². The van der Waals surface area contributed by atoms with Crippen LogP contribution in [0.4, 0.5) is 0 Å². The minimum atomic E-state index is -0.843. The predicted octanol–water partition coefficient (Wildman–Crippen LogP) is 4.04. The zero-order chi connectivity index (χ0) is 18.7. The third-order valence-electron chi connectivity index (χ3n) is 4.54. The molecule has 8 heteroatoms. The number of aliphatic carboxylic acids is 1. The number of hydrogen-bond donors (Lipinski definition) is 1. The minimum absolute atomic E-state index is 0.0587. The van der Waals surface area contributed by atoms with Crippen molar-refractivity contribution in [3.63, 3.8) is 0 Å². The summed E-state index contributed by atoms with van der Waals surface area (Å²) in [5.74, 6) is -1.02. The first-order chi connectivity index (χ1) is 12.5. The van der Waals surface area contributed by atoms with Crippen molar-refractivity contribution in [1.82, 2.24) is 14.7 Å². The number of rotatable bonds is 5. The maximum Gasteiger partial charge on any atom is 0.303 e. The van der Waals surface area contributed by atoms with E-state index in [2.05, 4.69) is 5.10 Å². The summed E-state index contributed by atoms with van der Waals surface area (Å²) in [7, 11) is 0. The molecule has 3 rings (SSSR count). The summed E-state index contributed by atoms with van der Waals surface area (Å²) in [6, 6.07) is 6.65. The molecule has 138 valence electrons. The third-order valence-corrected chi connectivity index (χ3v) is 5.08. The maximum atomic E-state index is 12.9. The van der Waals surface area contributed by atoms with Crippen molar-refractivity contribution in [3.05, 3.63) is 46.2 Å². The Morgan fingerprint density at radius 1 is 1.23 bits per heavy atom. The van der Waals surface area contributed by atoms with E-state index in [4.69, 9.17) is 28.3 Å². The summed E-state index contributed by atoms with van der Waals surface area (Å²) < 4.78 is 1.54. The van der Waals surface area contributed by atoms with Crippen molar-refractivity contribution in [2.75, 3.05) is 6.54 Å². The molecule has 6 nitrogen and oxygen atoms in total. The lowest BCUT2D eigenvalue weighted by Crippen LogP contribution is -2.44. The van der Waals surface area contributed by atoms with Gasteiger partial charge in [0.25, 0.3) is 5.91 Å². The van der Waals surface area contributed by atoms with E-state index in [-0.39, 0.29) is 18.4 Å². The molecular weight excluding hydrogens is 377 g/mol. The fourth-order valence-electron chi connectivity index (χ4n) is 3.24. The second-order valence-corrected chi connectivity index (χ2v) is 7.17. The molecule has 1 saturated heterocycles. The number of hydrogen-bond acceptors (Lipinski definition) is 3. The van der Waals surface area contributed by atoms with E-state index in [1.807, 2.05) is 0 Å². The SMILES string of the molecule is O=C(O)CCC1CCCCN1C(=O)c1ccn(-c2ccc(Cl)cc2Cl)n1. The molecule has 1 aliphatic heterocycles. The zero-order valence-electron chi connectivity index (χ0n) is 14.1. The van der Waals surface area contributed by atoms with E-state index in [0.29, 0.717) is 34.4 Å². The topological polar surface area (TPSA) is 75.4 Å². The Hall–Kier alpha value is -2.05. The summed E-state index contributed by atoms with van der Waals surface area (Å²) in [5, 5.41) is 14.2. The van der Waals surface area contributed by atoms with Gasteiger partial charge in [-0.3, -0.25) is 9.59 Å². The van der Waals surface area contributed by atoms with Gasteiger partial charge in [-0.2, -0.15) is 5.10 Å². The molecule has 1 aromatic carbocycles. The molecule has 2 heterocycles. The van der Waals surface area contributed by atoms with Crippen LogP contribution in [0.25, 0.3) is 5.69 Å². The van der Waals surface area contributed by atoms with Crippen LogP contribution < -0.4 is 0 Å². The summed E-state index contributed by atoms with van der Waals surface area (Å²) in [6.07, 6.45) is 4.94. The lowest BCUT2D eigenvalue weighted by Gasteiger charge is -2.35. The average Bonchev–Trinajstić information content (AvgIpc) is 3.09. The molecule has 1 atom stereocenters. The van der Waals surface area contributed by atoms with E-state index >= 15 is 0 Å². The molecule has 1 N–H and O–H groups in total. The van der Waals surface area contributed by atoms with Crippen molar-refractivity contribution in [1.29, 1.82) is 0 Å². The molecule has 26 heavy (non-hydrogen) atoms. The normalized spacial score (nSPS) is 17.3. The van der Waals surface area contributed by atoms with Crippen LogP contribution >= 0.6 is 23.2 Å². The van der Waals surface area contributed by atoms with Gasteiger partial charge in [0, 0.05) is 30.2 Å². The van der Waals surface area contributed by atoms with Gasteiger partial charge in [0.1, 0.15) is 0 Å². The number of carboxylic acid groups (broad SMARTS) is 1. The molecule has 2 aromatic rings. The molecule has 0 aliphatic carbocycles. The Balaban J connectivity index is 1.78. The monoisotopic (exact) mass is 395 g/mol. The van der Waals surface area contributed by atoms with Gasteiger partial charge in [0.2, 0.25) is 0 Å². The fraction of sp³-hybridized carbons (Fsp3) is 0.389. The van der Waals surface area contributed by atoms with E-state index in [1.54, 1.807) is 40.0 Å². The molecule has 0 saturated carbocycles. The molecule has 1 unspecified atom stereocenters. The van der Waals surface area contributed by atoms with Crippen molar-refractivity contribution in [2.24, 2.45) is 0 Å². The summed E-state index contributed by atoms with van der Waals surface area (Å²) in [5.41, 5.74) is 0.953. The maximum absolute atomic E-state index is 12.9. The Bertz CT molecular complexity index is 822. The van der Waals surface area contributed by atoms with E-state index < -0.39 is 5.97 Å². The van der Waals surface area contributed by atoms with Gasteiger partial charge in [-0.1, -0.05) is 23.2 Å². The molecular formula is C18H19Cl2N3O3. The first-order valence-electron chi connectivity index (χ1n) is 8.49. The number of carbonyl (C=O) groups is 2. The molecule has 0 bridgehead atoms. The standard InChI is InChI=1S/C18H19Cl2N3O3/c19-12-4-6-16(14(20)11-12)23-10-8-15(21-23)18(26)22-9-2-1-3-13(22)5-7-17(24)25/h4,6,8,10-11,13H,1-3,5,7,9H2,(H,24,25). The molecule has 1 aliphatic rings. The summed E-state index contributed by atoms with van der Waals surface area (Å²) >= 11 is 12.1. The smallest absolute Gasteiger partial charge is 0.303 e. The first-order valence-corrected chi connectivity index (χ1v) is 9.25. The molecule has 1 aromatic heterocycles. The number of halogens is 2. The third kappa shape index (κ3) is 4.19. The second-order valence-electron chi connectivity index (χ2n) is 6.32. The molecule has 0 radical (unpaired) electrons. The van der Waals surface area contributed by atoms with Crippen LogP contribution in [0.2, 0.25) is 10.0 Å². The fourth-order valence-corrected chi connectivity index (χ4v) is 3.74. The highest BCUT2D eigenvalue weighted by molar-refractivity contribution is 6.35. The first kappa shape index (κ1) is 18.7. The van der Waals surface area contributed by atoms with E-state index in [1.165, 1.54) is 0 Å². The van der Waals surface area contributed by atoms with Crippen molar-refractivity contribution in [3.8, 4) is 5.69 Å². The van der Waals surface area contributed by atoms with Crippen LogP contribution in [0.15, 0.2) is 30.5 Å². The quantitative estimate of drug-likeness (QED) is 0.828. The number of aromatic nitrogens is 2. The number of nitrogens with zero attached hydrogens (tertiary/aromatic N) is 3. The van der Waals surface area contributed by atoms with Gasteiger partial charge < -0.3 is 10.0 Å². The largest absolute Gasteiger partial charge is 0.481 e. The molecule has 1 fully saturated rings. The highest BCUT2D eigenvalue weighted by Crippen LogP contribution is 2.25. The Labute approximate surface area is 161 Å². The van der Waals surface area contributed by atoms with Crippen LogP contribution in [0.3, 0.4) is 0 Å². The van der Waals surface area contributed by atoms with Crippen LogP contribution in [0.1, 0.15) is 42.6 Å². The highest BCUT2D eigenvalue weighted by Gasteiger charge is 2.29. The lowest BCUT2D eigenvalue weighted by atomic mass is 9.97. The van der Waals surface area contributed by atoms with Crippen molar-refractivity contribution in [2.45, 2.75) is 38.1 Å². The zero-order valence-corrected chi connectivity index (χ0v) is 15.6. The van der Waals surface area contributed by atoms with Crippen LogP contribution in [0, 0.1) is 0 Å². The molecule has 1 amide bonds. The van der Waals surface area contributed by atoms with Gasteiger partial charge in [0.05, 0.1) is 10.7 Å². The number of likely N-dealkylation sites (tertiary alicyclic amines) is 1. The highest BCUT2D eigenvalue weighted by atomic mass is 35.5. The van der Waals surface area contributed by atoms with Crippen LogP contribution in [-0.2, 0) is 4.79 Å². The van der Waals surface area contributed by atoms with Crippen molar-refractivity contribution >= 4 is 35.1 Å². The van der Waals surface area contributed by atoms with Gasteiger partial charge >= 0.3 is 5.97 Å². The Kier molecular flexibility index (Phi) is 5.84. The number of carbonyl (C=O) groups excluding carboxylic acids is 1. The molecule has 0 spiro atoms. The Morgan fingerprint density at radius 2 is 2.04 bits per heavy atom. The summed E-state index contributed by atoms with van der Waals surface area (Å²) in [6.45, 7) is 0.623. The lowest BCUT2D eigenvalue weighted by molar-refractivity contribution is -0.137. The minimum Gasteiger partial charge on any atom is -0.481 e. The number of benzene rings is 1.